The Labute approximate surface area is 201 Å². The van der Waals surface area contributed by atoms with Crippen LogP contribution in [0.1, 0.15) is 16.8 Å². The highest BCUT2D eigenvalue weighted by Gasteiger charge is 2.21. The van der Waals surface area contributed by atoms with Gasteiger partial charge in [-0.05, 0) is 43.2 Å². The van der Waals surface area contributed by atoms with Gasteiger partial charge in [0.2, 0.25) is 0 Å². The average Bonchev–Trinajstić information content (AvgIpc) is 3.20. The topological polar surface area (TPSA) is 83.9 Å². The zero-order valence-corrected chi connectivity index (χ0v) is 20.0. The summed E-state index contributed by atoms with van der Waals surface area (Å²) >= 11 is 0. The first-order valence-electron chi connectivity index (χ1n) is 11.2. The Morgan fingerprint density at radius 2 is 1.63 bits per heavy atom. The number of nitrogens with zero attached hydrogens (tertiary/aromatic N) is 5. The van der Waals surface area contributed by atoms with E-state index >= 15 is 0 Å². The molecule has 0 N–H and O–H groups in total. The van der Waals surface area contributed by atoms with Crippen LogP contribution in [0.5, 0.6) is 11.8 Å². The van der Waals surface area contributed by atoms with Crippen molar-refractivity contribution in [3.63, 3.8) is 0 Å². The van der Waals surface area contributed by atoms with Gasteiger partial charge in [0.05, 0.1) is 6.54 Å². The first kappa shape index (κ1) is 22.3. The first-order chi connectivity index (χ1) is 16.8. The first-order valence-corrected chi connectivity index (χ1v) is 11.2. The largest absolute Gasteiger partial charge is 0.425 e. The number of benzene rings is 2. The molecule has 0 aliphatic rings. The van der Waals surface area contributed by atoms with E-state index in [2.05, 4.69) is 9.97 Å². The van der Waals surface area contributed by atoms with Crippen LogP contribution in [0.4, 0.5) is 0 Å². The number of rotatable bonds is 5. The number of imidazole rings is 1. The second-order valence-electron chi connectivity index (χ2n) is 8.66. The molecule has 2 aromatic carbocycles. The Hall–Kier alpha value is -4.46. The molecule has 0 amide bonds. The summed E-state index contributed by atoms with van der Waals surface area (Å²) in [5, 5.41) is 0. The highest BCUT2D eigenvalue weighted by atomic mass is 16.5. The van der Waals surface area contributed by atoms with E-state index in [1.807, 2.05) is 80.7 Å². The molecule has 0 aliphatic carbocycles. The van der Waals surface area contributed by atoms with Crippen molar-refractivity contribution in [2.24, 2.45) is 14.1 Å². The summed E-state index contributed by atoms with van der Waals surface area (Å²) in [6.07, 6.45) is 1.84. The lowest BCUT2D eigenvalue weighted by Gasteiger charge is -2.11. The third-order valence-corrected chi connectivity index (χ3v) is 6.04. The smallest absolute Gasteiger partial charge is 0.332 e. The standard InChI is InChI=1S/C27H25N5O3/c1-17-6-5-7-19(14-17)16-32-23-24(30(3)27(34)31(4)25(23)33)29-26(32)35-22-12-10-20(11-13-22)21-9-8-18(2)28-15-21/h5-15H,16H2,1-4H3. The summed E-state index contributed by atoms with van der Waals surface area (Å²) in [7, 11) is 3.07. The minimum absolute atomic E-state index is 0.240. The minimum atomic E-state index is -0.440. The molecule has 0 unspecified atom stereocenters. The lowest BCUT2D eigenvalue weighted by Crippen LogP contribution is -2.37. The van der Waals surface area contributed by atoms with Gasteiger partial charge in [-0.15, -0.1) is 0 Å². The van der Waals surface area contributed by atoms with Crippen molar-refractivity contribution in [3.8, 4) is 22.9 Å². The molecule has 5 aromatic rings. The summed E-state index contributed by atoms with van der Waals surface area (Å²) in [6.45, 7) is 4.33. The van der Waals surface area contributed by atoms with Gasteiger partial charge in [0, 0.05) is 31.5 Å². The second-order valence-corrected chi connectivity index (χ2v) is 8.66. The van der Waals surface area contributed by atoms with Crippen LogP contribution in [0.3, 0.4) is 0 Å². The quantitative estimate of drug-likeness (QED) is 0.391. The number of aromatic nitrogens is 5. The summed E-state index contributed by atoms with van der Waals surface area (Å²) in [6, 6.07) is 19.8. The molecule has 0 atom stereocenters. The normalized spacial score (nSPS) is 11.2. The molecule has 0 radical (unpaired) electrons. The molecule has 3 aromatic heterocycles. The molecule has 5 rings (SSSR count). The Bertz CT molecular complexity index is 1660. The van der Waals surface area contributed by atoms with E-state index in [0.29, 0.717) is 17.8 Å². The Balaban J connectivity index is 1.59. The van der Waals surface area contributed by atoms with Crippen LogP contribution in [-0.4, -0.2) is 23.7 Å². The van der Waals surface area contributed by atoms with Gasteiger partial charge in [0.15, 0.2) is 11.2 Å². The molecule has 0 aliphatic heterocycles. The van der Waals surface area contributed by atoms with E-state index in [-0.39, 0.29) is 11.7 Å². The van der Waals surface area contributed by atoms with Crippen molar-refractivity contribution in [3.05, 3.63) is 105 Å². The molecule has 0 bridgehead atoms. The SMILES string of the molecule is Cc1cccc(Cn2c(Oc3ccc(-c4ccc(C)nc4)cc3)nc3c2c(=O)n(C)c(=O)n3C)c1. The molecule has 8 heteroatoms. The minimum Gasteiger partial charge on any atom is -0.425 e. The molecule has 8 nitrogen and oxygen atoms in total. The van der Waals surface area contributed by atoms with Gasteiger partial charge in [-0.1, -0.05) is 48.0 Å². The fourth-order valence-corrected chi connectivity index (χ4v) is 4.10. The lowest BCUT2D eigenvalue weighted by atomic mass is 10.1. The highest BCUT2D eigenvalue weighted by molar-refractivity contribution is 5.72. The highest BCUT2D eigenvalue weighted by Crippen LogP contribution is 2.28. The zero-order chi connectivity index (χ0) is 24.7. The molecule has 0 saturated carbocycles. The molecular formula is C27H25N5O3. The van der Waals surface area contributed by atoms with Gasteiger partial charge in [-0.2, -0.15) is 4.98 Å². The maximum atomic E-state index is 13.1. The predicted molar refractivity (Wildman–Crippen MR) is 135 cm³/mol. The van der Waals surface area contributed by atoms with Crippen molar-refractivity contribution in [1.82, 2.24) is 23.7 Å². The van der Waals surface area contributed by atoms with Crippen molar-refractivity contribution in [2.45, 2.75) is 20.4 Å². The molecule has 35 heavy (non-hydrogen) atoms. The maximum absolute atomic E-state index is 13.1. The van der Waals surface area contributed by atoms with Crippen LogP contribution in [0.25, 0.3) is 22.3 Å². The van der Waals surface area contributed by atoms with Crippen molar-refractivity contribution in [2.75, 3.05) is 0 Å². The van der Waals surface area contributed by atoms with Crippen LogP contribution in [0.2, 0.25) is 0 Å². The van der Waals surface area contributed by atoms with Gasteiger partial charge in [0.1, 0.15) is 5.75 Å². The van der Waals surface area contributed by atoms with Crippen molar-refractivity contribution in [1.29, 1.82) is 0 Å². The summed E-state index contributed by atoms with van der Waals surface area (Å²) < 4.78 is 10.3. The monoisotopic (exact) mass is 467 g/mol. The number of hydrogen-bond acceptors (Lipinski definition) is 5. The second kappa shape index (κ2) is 8.72. The fraction of sp³-hybridized carbons (Fsp3) is 0.185. The zero-order valence-electron chi connectivity index (χ0n) is 20.0. The molecule has 176 valence electrons. The number of hydrogen-bond donors (Lipinski definition) is 0. The predicted octanol–water partition coefficient (Wildman–Crippen LogP) is 3.95. The average molecular weight is 468 g/mol. The van der Waals surface area contributed by atoms with Gasteiger partial charge in [-0.3, -0.25) is 23.5 Å². The van der Waals surface area contributed by atoms with E-state index in [4.69, 9.17) is 4.74 Å². The van der Waals surface area contributed by atoms with Crippen LogP contribution in [0, 0.1) is 13.8 Å². The molecule has 0 fully saturated rings. The van der Waals surface area contributed by atoms with Gasteiger partial charge >= 0.3 is 11.7 Å². The summed E-state index contributed by atoms with van der Waals surface area (Å²) in [5.41, 5.74) is 4.81. The third-order valence-electron chi connectivity index (χ3n) is 6.04. The number of ether oxygens (including phenoxy) is 1. The fourth-order valence-electron chi connectivity index (χ4n) is 4.10. The summed E-state index contributed by atoms with van der Waals surface area (Å²) in [4.78, 5) is 34.5. The molecule has 0 spiro atoms. The van der Waals surface area contributed by atoms with Gasteiger partial charge in [-0.25, -0.2) is 4.79 Å². The number of aryl methyl sites for hydroxylation is 3. The Morgan fingerprint density at radius 1 is 0.886 bits per heavy atom. The maximum Gasteiger partial charge on any atom is 0.332 e. The third kappa shape index (κ3) is 4.14. The van der Waals surface area contributed by atoms with Crippen LogP contribution in [-0.2, 0) is 20.6 Å². The van der Waals surface area contributed by atoms with Crippen LogP contribution < -0.4 is 16.0 Å². The molecule has 3 heterocycles. The number of fused-ring (bicyclic) bond motifs is 1. The van der Waals surface area contributed by atoms with Crippen LogP contribution in [0.15, 0.2) is 76.4 Å². The Morgan fingerprint density at radius 3 is 2.31 bits per heavy atom. The van der Waals surface area contributed by atoms with E-state index < -0.39 is 11.2 Å². The summed E-state index contributed by atoms with van der Waals surface area (Å²) in [5.74, 6) is 0.566. The van der Waals surface area contributed by atoms with Crippen molar-refractivity contribution < 1.29 is 4.74 Å². The van der Waals surface area contributed by atoms with E-state index in [1.54, 1.807) is 11.6 Å². The van der Waals surface area contributed by atoms with E-state index in [9.17, 15) is 9.59 Å². The van der Waals surface area contributed by atoms with E-state index in [1.165, 1.54) is 11.6 Å². The molecular weight excluding hydrogens is 442 g/mol. The van der Waals surface area contributed by atoms with Gasteiger partial charge in [0.25, 0.3) is 5.56 Å². The lowest BCUT2D eigenvalue weighted by molar-refractivity contribution is 0.421. The van der Waals surface area contributed by atoms with Crippen molar-refractivity contribution >= 4 is 11.2 Å². The Kier molecular flexibility index (Phi) is 5.56. The van der Waals surface area contributed by atoms with E-state index in [0.717, 1.165) is 32.5 Å². The van der Waals surface area contributed by atoms with Gasteiger partial charge < -0.3 is 4.74 Å². The molecule has 0 saturated heterocycles. The number of pyridine rings is 1. The van der Waals surface area contributed by atoms with Crippen LogP contribution >= 0.6 is 0 Å².